The van der Waals surface area contributed by atoms with Crippen molar-refractivity contribution in [2.45, 2.75) is 13.0 Å². The first-order valence-electron chi connectivity index (χ1n) is 5.83. The van der Waals surface area contributed by atoms with Gasteiger partial charge in [-0.15, -0.1) is 0 Å². The van der Waals surface area contributed by atoms with E-state index >= 15 is 0 Å². The molecule has 6 nitrogen and oxygen atoms in total. The summed E-state index contributed by atoms with van der Waals surface area (Å²) in [6, 6.07) is 4.25. The first-order valence-corrected chi connectivity index (χ1v) is 5.83. The second-order valence-electron chi connectivity index (χ2n) is 4.57. The first kappa shape index (κ1) is 13.1. The summed E-state index contributed by atoms with van der Waals surface area (Å²) >= 11 is 0. The molecule has 0 aliphatic rings. The van der Waals surface area contributed by atoms with Crippen molar-refractivity contribution in [2.24, 2.45) is 0 Å². The summed E-state index contributed by atoms with van der Waals surface area (Å²) in [7, 11) is 3.36. The fraction of sp³-hybridized carbons (Fsp3) is 0.308. The molecule has 0 aliphatic carbocycles. The molecule has 1 unspecified atom stereocenters. The molecule has 1 aromatic heterocycles. The SMILES string of the molecule is CC(C(=O)N(C)C)n1cnc2ccc(C(=O)O)cc21. The van der Waals surface area contributed by atoms with E-state index < -0.39 is 12.0 Å². The van der Waals surface area contributed by atoms with Gasteiger partial charge in [-0.2, -0.15) is 0 Å². The Labute approximate surface area is 110 Å². The van der Waals surface area contributed by atoms with Crippen LogP contribution in [0.5, 0.6) is 0 Å². The third kappa shape index (κ3) is 2.29. The van der Waals surface area contributed by atoms with Gasteiger partial charge in [0.15, 0.2) is 0 Å². The van der Waals surface area contributed by atoms with Gasteiger partial charge >= 0.3 is 5.97 Å². The molecule has 1 amide bonds. The van der Waals surface area contributed by atoms with E-state index in [0.717, 1.165) is 0 Å². The van der Waals surface area contributed by atoms with Crippen molar-refractivity contribution in [3.8, 4) is 0 Å². The van der Waals surface area contributed by atoms with Gasteiger partial charge in [0, 0.05) is 14.1 Å². The van der Waals surface area contributed by atoms with Gasteiger partial charge < -0.3 is 14.6 Å². The van der Waals surface area contributed by atoms with Crippen LogP contribution in [0, 0.1) is 0 Å². The van der Waals surface area contributed by atoms with Gasteiger partial charge in [0.05, 0.1) is 22.9 Å². The van der Waals surface area contributed by atoms with Crippen molar-refractivity contribution in [1.29, 1.82) is 0 Å². The van der Waals surface area contributed by atoms with Crippen LogP contribution in [0.3, 0.4) is 0 Å². The number of amides is 1. The molecule has 19 heavy (non-hydrogen) atoms. The number of fused-ring (bicyclic) bond motifs is 1. The molecule has 1 aromatic carbocycles. The van der Waals surface area contributed by atoms with Gasteiger partial charge in [0.25, 0.3) is 0 Å². The van der Waals surface area contributed by atoms with E-state index in [1.165, 1.54) is 17.0 Å². The van der Waals surface area contributed by atoms with Crippen LogP contribution < -0.4 is 0 Å². The van der Waals surface area contributed by atoms with Gasteiger partial charge in [-0.25, -0.2) is 9.78 Å². The third-order valence-corrected chi connectivity index (χ3v) is 3.04. The van der Waals surface area contributed by atoms with E-state index in [2.05, 4.69) is 4.98 Å². The van der Waals surface area contributed by atoms with E-state index in [1.54, 1.807) is 38.0 Å². The molecule has 6 heteroatoms. The van der Waals surface area contributed by atoms with Crippen molar-refractivity contribution in [2.75, 3.05) is 14.1 Å². The zero-order valence-electron chi connectivity index (χ0n) is 11.0. The Morgan fingerprint density at radius 2 is 2.05 bits per heavy atom. The van der Waals surface area contributed by atoms with Crippen LogP contribution in [0.2, 0.25) is 0 Å². The molecule has 2 rings (SSSR count). The minimum absolute atomic E-state index is 0.0694. The lowest BCUT2D eigenvalue weighted by Gasteiger charge is -2.18. The predicted molar refractivity (Wildman–Crippen MR) is 70.1 cm³/mol. The summed E-state index contributed by atoms with van der Waals surface area (Å²) in [6.07, 6.45) is 1.56. The highest BCUT2D eigenvalue weighted by Crippen LogP contribution is 2.20. The standard InChI is InChI=1S/C13H15N3O3/c1-8(12(17)15(2)3)16-7-14-10-5-4-9(13(18)19)6-11(10)16/h4-8H,1-3H3,(H,18,19). The quantitative estimate of drug-likeness (QED) is 0.905. The number of rotatable bonds is 3. The second-order valence-corrected chi connectivity index (χ2v) is 4.57. The number of carbonyl (C=O) groups excluding carboxylic acids is 1. The zero-order chi connectivity index (χ0) is 14.2. The van der Waals surface area contributed by atoms with Crippen molar-refractivity contribution in [1.82, 2.24) is 14.5 Å². The molecule has 1 N–H and O–H groups in total. The minimum atomic E-state index is -0.999. The Bertz CT molecular complexity index is 646. The highest BCUT2D eigenvalue weighted by molar-refractivity contribution is 5.93. The number of hydrogen-bond acceptors (Lipinski definition) is 3. The van der Waals surface area contributed by atoms with Gasteiger partial charge in [-0.3, -0.25) is 4.79 Å². The van der Waals surface area contributed by atoms with Crippen molar-refractivity contribution < 1.29 is 14.7 Å². The number of imidazole rings is 1. The van der Waals surface area contributed by atoms with Crippen molar-refractivity contribution >= 4 is 22.9 Å². The molecule has 0 saturated heterocycles. The number of nitrogens with zero attached hydrogens (tertiary/aromatic N) is 3. The van der Waals surface area contributed by atoms with Crippen molar-refractivity contribution in [3.05, 3.63) is 30.1 Å². The van der Waals surface area contributed by atoms with Crippen LogP contribution in [0.15, 0.2) is 24.5 Å². The maximum atomic E-state index is 12.0. The fourth-order valence-electron chi connectivity index (χ4n) is 1.96. The lowest BCUT2D eigenvalue weighted by atomic mass is 10.2. The molecule has 0 fully saturated rings. The Morgan fingerprint density at radius 1 is 1.37 bits per heavy atom. The maximum absolute atomic E-state index is 12.0. The number of carboxylic acids is 1. The largest absolute Gasteiger partial charge is 0.478 e. The minimum Gasteiger partial charge on any atom is -0.478 e. The smallest absolute Gasteiger partial charge is 0.335 e. The summed E-state index contributed by atoms with van der Waals surface area (Å²) < 4.78 is 1.68. The summed E-state index contributed by atoms with van der Waals surface area (Å²) in [6.45, 7) is 1.76. The molecule has 2 aromatic rings. The fourth-order valence-corrected chi connectivity index (χ4v) is 1.96. The molecular weight excluding hydrogens is 246 g/mol. The summed E-state index contributed by atoms with van der Waals surface area (Å²) in [5, 5.41) is 9.00. The lowest BCUT2D eigenvalue weighted by molar-refractivity contribution is -0.131. The summed E-state index contributed by atoms with van der Waals surface area (Å²) in [4.78, 5) is 28.6. The molecule has 0 spiro atoms. The molecule has 100 valence electrons. The molecule has 0 saturated carbocycles. The van der Waals surface area contributed by atoms with E-state index in [1.807, 2.05) is 0 Å². The molecule has 0 radical (unpaired) electrons. The number of hydrogen-bond donors (Lipinski definition) is 1. The number of likely N-dealkylation sites (N-methyl/N-ethyl adjacent to an activating group) is 1. The Kier molecular flexibility index (Phi) is 3.25. The molecular formula is C13H15N3O3. The van der Waals surface area contributed by atoms with E-state index in [9.17, 15) is 9.59 Å². The van der Waals surface area contributed by atoms with Crippen LogP contribution in [-0.4, -0.2) is 45.5 Å². The van der Waals surface area contributed by atoms with E-state index in [-0.39, 0.29) is 11.5 Å². The van der Waals surface area contributed by atoms with Crippen LogP contribution in [0.4, 0.5) is 0 Å². The predicted octanol–water partition coefficient (Wildman–Crippen LogP) is 1.38. The number of aromatic nitrogens is 2. The monoisotopic (exact) mass is 261 g/mol. The maximum Gasteiger partial charge on any atom is 0.335 e. The highest BCUT2D eigenvalue weighted by Gasteiger charge is 2.19. The molecule has 1 heterocycles. The summed E-state index contributed by atoms with van der Waals surface area (Å²) in [5.41, 5.74) is 1.49. The van der Waals surface area contributed by atoms with Gasteiger partial charge in [-0.1, -0.05) is 0 Å². The number of aromatic carboxylic acids is 1. The Morgan fingerprint density at radius 3 is 2.63 bits per heavy atom. The van der Waals surface area contributed by atoms with E-state index in [0.29, 0.717) is 11.0 Å². The zero-order valence-corrected chi connectivity index (χ0v) is 11.0. The average molecular weight is 261 g/mol. The van der Waals surface area contributed by atoms with Gasteiger partial charge in [0.2, 0.25) is 5.91 Å². The second kappa shape index (κ2) is 4.72. The highest BCUT2D eigenvalue weighted by atomic mass is 16.4. The normalized spacial score (nSPS) is 12.4. The average Bonchev–Trinajstić information content (AvgIpc) is 2.79. The van der Waals surface area contributed by atoms with Crippen LogP contribution >= 0.6 is 0 Å². The number of carbonyl (C=O) groups is 2. The number of benzene rings is 1. The first-order chi connectivity index (χ1) is 8.91. The van der Waals surface area contributed by atoms with Gasteiger partial charge in [0.1, 0.15) is 6.04 Å². The van der Waals surface area contributed by atoms with Gasteiger partial charge in [-0.05, 0) is 25.1 Å². The molecule has 0 aliphatic heterocycles. The molecule has 1 atom stereocenters. The van der Waals surface area contributed by atoms with Crippen LogP contribution in [0.1, 0.15) is 23.3 Å². The topological polar surface area (TPSA) is 75.4 Å². The van der Waals surface area contributed by atoms with Crippen molar-refractivity contribution in [3.63, 3.8) is 0 Å². The van der Waals surface area contributed by atoms with Crippen LogP contribution in [0.25, 0.3) is 11.0 Å². The Hall–Kier alpha value is -2.37. The third-order valence-electron chi connectivity index (χ3n) is 3.04. The van der Waals surface area contributed by atoms with Crippen LogP contribution in [-0.2, 0) is 4.79 Å². The lowest BCUT2D eigenvalue weighted by Crippen LogP contribution is -2.29. The number of carboxylic acid groups (broad SMARTS) is 1. The Balaban J connectivity index is 2.52. The molecule has 0 bridgehead atoms. The van der Waals surface area contributed by atoms with E-state index in [4.69, 9.17) is 5.11 Å². The summed E-state index contributed by atoms with van der Waals surface area (Å²) in [5.74, 6) is -1.07.